The third-order valence-corrected chi connectivity index (χ3v) is 13.3. The number of carbonyl (C=O) groups is 4. The molecule has 0 bridgehead atoms. The molecule has 1 saturated carbocycles. The van der Waals surface area contributed by atoms with E-state index in [0.717, 1.165) is 26.7 Å². The summed E-state index contributed by atoms with van der Waals surface area (Å²) < 4.78 is 55.5. The Morgan fingerprint density at radius 3 is 1.51 bits per heavy atom. The van der Waals surface area contributed by atoms with Gasteiger partial charge in [0.25, 0.3) is 0 Å². The average Bonchev–Trinajstić information content (AvgIpc) is 3.63. The van der Waals surface area contributed by atoms with Gasteiger partial charge in [0.05, 0.1) is 70.6 Å². The number of aliphatic hydroxyl groups excluding tert-OH is 10. The van der Waals surface area contributed by atoms with Crippen LogP contribution in [0.2, 0.25) is 0 Å². The van der Waals surface area contributed by atoms with Gasteiger partial charge in [0.1, 0.15) is 54.9 Å². The van der Waals surface area contributed by atoms with Crippen molar-refractivity contribution in [3.63, 3.8) is 0 Å². The molecule has 384 valence electrons. The molecular weight excluding hydrogens is 912 g/mol. The summed E-state index contributed by atoms with van der Waals surface area (Å²) in [6, 6.07) is 0. The molecule has 0 radical (unpaired) electrons. The van der Waals surface area contributed by atoms with Crippen LogP contribution in [0.1, 0.15) is 40.0 Å². The lowest BCUT2D eigenvalue weighted by molar-refractivity contribution is -0.327. The third-order valence-electron chi connectivity index (χ3n) is 13.3. The van der Waals surface area contributed by atoms with Gasteiger partial charge in [-0.25, -0.2) is 9.59 Å². The molecule has 68 heavy (non-hydrogen) atoms. The molecule has 4 heterocycles. The lowest BCUT2D eigenvalue weighted by Crippen LogP contribution is -2.60. The second-order valence-electron chi connectivity index (χ2n) is 17.1. The lowest BCUT2D eigenvalue weighted by Gasteiger charge is -2.42. The van der Waals surface area contributed by atoms with E-state index in [1.54, 1.807) is 20.8 Å². The van der Waals surface area contributed by atoms with Crippen LogP contribution in [-0.2, 0) is 66.5 Å². The van der Waals surface area contributed by atoms with E-state index in [9.17, 15) is 70.2 Å². The van der Waals surface area contributed by atoms with E-state index in [1.807, 2.05) is 0 Å². The summed E-state index contributed by atoms with van der Waals surface area (Å²) >= 11 is 0. The van der Waals surface area contributed by atoms with E-state index >= 15 is 0 Å². The number of hydrogen-bond donors (Lipinski definition) is 10. The SMILES string of the molecule is C/C=C1\C(O[C@@H]2O[C@H](CO)[C@@H](O)[C@H](O)[C@H]2O)OC=C(C(=O)OC)C1CC(=O)OC[C@@H]1[C@H](C)[C@@H](OC(=O)CC2C(C(=O)OC)=COC(O[C@@H]3O[C@H](CO)[C@@H](O)[C@H](O)[C@H]3O)/C2=C\C)C[C@H]1C(CO)CO. The Bertz CT molecular complexity index is 1860. The molecule has 1 aliphatic carbocycles. The van der Waals surface area contributed by atoms with Crippen molar-refractivity contribution >= 4 is 23.9 Å². The third kappa shape index (κ3) is 11.9. The Kier molecular flexibility index (Phi) is 19.9. The summed E-state index contributed by atoms with van der Waals surface area (Å²) in [5.41, 5.74) is 0.168. The molecule has 18 atom stereocenters. The highest BCUT2D eigenvalue weighted by Crippen LogP contribution is 2.45. The van der Waals surface area contributed by atoms with Crippen molar-refractivity contribution in [3.05, 3.63) is 47.0 Å². The highest BCUT2D eigenvalue weighted by molar-refractivity contribution is 5.91. The first-order valence-corrected chi connectivity index (χ1v) is 22.1. The van der Waals surface area contributed by atoms with Crippen molar-refractivity contribution in [2.75, 3.05) is 47.3 Å². The zero-order valence-electron chi connectivity index (χ0n) is 38.1. The molecule has 4 unspecified atom stereocenters. The first kappa shape index (κ1) is 54.8. The lowest BCUT2D eigenvalue weighted by atomic mass is 9.82. The maximum Gasteiger partial charge on any atom is 0.337 e. The average molecular weight is 977 g/mol. The van der Waals surface area contributed by atoms with Gasteiger partial charge in [0.2, 0.25) is 12.6 Å². The van der Waals surface area contributed by atoms with Crippen molar-refractivity contribution in [2.45, 2.75) is 120 Å². The number of aliphatic hydroxyl groups is 10. The summed E-state index contributed by atoms with van der Waals surface area (Å²) in [4.78, 5) is 53.5. The molecule has 0 aromatic rings. The molecule has 3 fully saturated rings. The van der Waals surface area contributed by atoms with Gasteiger partial charge in [-0.05, 0) is 32.1 Å². The Hall–Kier alpha value is -4.12. The molecular formula is C44H64O24. The Morgan fingerprint density at radius 1 is 0.676 bits per heavy atom. The summed E-state index contributed by atoms with van der Waals surface area (Å²) in [6.07, 6.45) is -15.9. The zero-order chi connectivity index (χ0) is 50.1. The van der Waals surface area contributed by atoms with Gasteiger partial charge in [-0.15, -0.1) is 0 Å². The predicted molar refractivity (Wildman–Crippen MR) is 223 cm³/mol. The summed E-state index contributed by atoms with van der Waals surface area (Å²) in [5, 5.41) is 102. The van der Waals surface area contributed by atoms with E-state index in [4.69, 9.17) is 47.4 Å². The fourth-order valence-corrected chi connectivity index (χ4v) is 9.27. The first-order chi connectivity index (χ1) is 32.4. The van der Waals surface area contributed by atoms with Crippen LogP contribution in [-0.4, -0.2) is 202 Å². The number of carbonyl (C=O) groups excluding carboxylic acids is 4. The van der Waals surface area contributed by atoms with Crippen molar-refractivity contribution in [1.82, 2.24) is 0 Å². The second-order valence-corrected chi connectivity index (χ2v) is 17.1. The van der Waals surface area contributed by atoms with Crippen LogP contribution in [0, 0.1) is 35.5 Å². The second kappa shape index (κ2) is 24.6. The first-order valence-electron chi connectivity index (χ1n) is 22.1. The van der Waals surface area contributed by atoms with Crippen LogP contribution in [0.5, 0.6) is 0 Å². The highest BCUT2D eigenvalue weighted by atomic mass is 16.8. The van der Waals surface area contributed by atoms with Crippen LogP contribution >= 0.6 is 0 Å². The quantitative estimate of drug-likeness (QED) is 0.0365. The number of ether oxygens (including phenoxy) is 10. The van der Waals surface area contributed by atoms with Gasteiger partial charge in [0, 0.05) is 48.0 Å². The molecule has 0 aromatic heterocycles. The topological polar surface area (TPSA) is 363 Å². The number of allylic oxidation sites excluding steroid dienone is 2. The summed E-state index contributed by atoms with van der Waals surface area (Å²) in [7, 11) is 2.23. The fraction of sp³-hybridized carbons (Fsp3) is 0.727. The maximum atomic E-state index is 13.9. The smallest absolute Gasteiger partial charge is 0.337 e. The molecule has 10 N–H and O–H groups in total. The van der Waals surface area contributed by atoms with Crippen molar-refractivity contribution in [3.8, 4) is 0 Å². The number of esters is 4. The highest BCUT2D eigenvalue weighted by Gasteiger charge is 2.50. The molecule has 5 aliphatic rings. The molecule has 0 aromatic carbocycles. The van der Waals surface area contributed by atoms with Gasteiger partial charge in [-0.1, -0.05) is 19.1 Å². The number of rotatable bonds is 18. The van der Waals surface area contributed by atoms with E-state index in [-0.39, 0.29) is 35.3 Å². The van der Waals surface area contributed by atoms with Gasteiger partial charge in [-0.2, -0.15) is 0 Å². The largest absolute Gasteiger partial charge is 0.468 e. The van der Waals surface area contributed by atoms with Crippen LogP contribution < -0.4 is 0 Å². The van der Waals surface area contributed by atoms with Gasteiger partial charge < -0.3 is 98.4 Å². The zero-order valence-corrected chi connectivity index (χ0v) is 38.1. The van der Waals surface area contributed by atoms with Crippen LogP contribution in [0.15, 0.2) is 47.0 Å². The van der Waals surface area contributed by atoms with Crippen LogP contribution in [0.3, 0.4) is 0 Å². The summed E-state index contributed by atoms with van der Waals surface area (Å²) in [6.45, 7) is 2.16. The Labute approximate surface area is 390 Å². The van der Waals surface area contributed by atoms with Crippen molar-refractivity contribution < 1.29 is 118 Å². The van der Waals surface area contributed by atoms with E-state index in [1.165, 1.54) is 12.2 Å². The predicted octanol–water partition coefficient (Wildman–Crippen LogP) is -3.32. The summed E-state index contributed by atoms with van der Waals surface area (Å²) in [5.74, 6) is -7.97. The van der Waals surface area contributed by atoms with E-state index in [0.29, 0.717) is 0 Å². The maximum absolute atomic E-state index is 13.9. The Balaban J connectivity index is 1.29. The molecule has 5 rings (SSSR count). The standard InChI is InChI=1S/C44H64O24/c1-6-20-23(26(39(57)59-4)16-62-41(20)67-43-37(55)35(53)33(51)29(13-47)65-43)9-31(49)61-15-25-18(3)28(8-22(25)19(11-45)12-46)64-32(50)10-24-21(7-2)42(63-17-27(24)40(58)60-5)68-44-38(56)36(54)34(52)30(14-48)66-44/h6-7,16-19,22-25,28-30,33-38,41-48,51-56H,8-15H2,1-5H3/b20-6-,21-7-/t18-,22-,23?,24?,25+,28-,29+,30+,33+,34+,35-,36-,37+,38+,41?,42?,43-,44-/m0/s1. The minimum Gasteiger partial charge on any atom is -0.468 e. The molecule has 0 spiro atoms. The van der Waals surface area contributed by atoms with Crippen LogP contribution in [0.25, 0.3) is 0 Å². The molecule has 24 heteroatoms. The molecule has 4 aliphatic heterocycles. The fourth-order valence-electron chi connectivity index (χ4n) is 9.27. The molecule has 2 saturated heterocycles. The van der Waals surface area contributed by atoms with E-state index in [2.05, 4.69) is 0 Å². The van der Waals surface area contributed by atoms with E-state index < -0.39 is 179 Å². The minimum atomic E-state index is -1.80. The van der Waals surface area contributed by atoms with Crippen LogP contribution in [0.4, 0.5) is 0 Å². The van der Waals surface area contributed by atoms with Gasteiger partial charge in [-0.3, -0.25) is 9.59 Å². The van der Waals surface area contributed by atoms with Gasteiger partial charge >= 0.3 is 23.9 Å². The molecule has 0 amide bonds. The normalized spacial score (nSPS) is 38.5. The van der Waals surface area contributed by atoms with Gasteiger partial charge in [0.15, 0.2) is 12.6 Å². The Morgan fingerprint density at radius 2 is 1.12 bits per heavy atom. The minimum absolute atomic E-state index is 0.100. The van der Waals surface area contributed by atoms with Crippen molar-refractivity contribution in [1.29, 1.82) is 0 Å². The number of hydrogen-bond acceptors (Lipinski definition) is 24. The number of methoxy groups -OCH3 is 2. The van der Waals surface area contributed by atoms with Crippen molar-refractivity contribution in [2.24, 2.45) is 35.5 Å². The molecule has 24 nitrogen and oxygen atoms in total. The monoisotopic (exact) mass is 976 g/mol.